The van der Waals surface area contributed by atoms with E-state index in [-0.39, 0.29) is 12.4 Å². The van der Waals surface area contributed by atoms with E-state index in [9.17, 15) is 0 Å². The van der Waals surface area contributed by atoms with Gasteiger partial charge in [-0.05, 0) is 30.7 Å². The third-order valence-corrected chi connectivity index (χ3v) is 3.95. The summed E-state index contributed by atoms with van der Waals surface area (Å²) in [6, 6.07) is 9.85. The molecule has 6 nitrogen and oxygen atoms in total. The summed E-state index contributed by atoms with van der Waals surface area (Å²) in [5.41, 5.74) is 2.00. The first-order valence-electron chi connectivity index (χ1n) is 8.40. The summed E-state index contributed by atoms with van der Waals surface area (Å²) >= 11 is 0. The largest absolute Gasteiger partial charge is 0.497 e. The van der Waals surface area contributed by atoms with Gasteiger partial charge in [0.25, 0.3) is 0 Å². The number of halogens is 1. The van der Waals surface area contributed by atoms with E-state index in [1.807, 2.05) is 24.3 Å². The number of methoxy groups -OCH3 is 1. The van der Waals surface area contributed by atoms with E-state index in [4.69, 9.17) is 14.5 Å². The van der Waals surface area contributed by atoms with E-state index in [2.05, 4.69) is 28.2 Å². The van der Waals surface area contributed by atoms with Crippen molar-refractivity contribution in [2.45, 2.75) is 19.8 Å². The first-order chi connectivity index (χ1) is 11.8. The van der Waals surface area contributed by atoms with Crippen LogP contribution in [0.5, 0.6) is 5.75 Å². The summed E-state index contributed by atoms with van der Waals surface area (Å²) in [7, 11) is 1.66. The first kappa shape index (κ1) is 19.3. The average Bonchev–Trinajstić information content (AvgIpc) is 2.63. The van der Waals surface area contributed by atoms with Gasteiger partial charge in [-0.25, -0.2) is 4.98 Å². The molecule has 0 spiro atoms. The summed E-state index contributed by atoms with van der Waals surface area (Å²) in [5, 5.41) is 3.30. The number of anilines is 3. The Labute approximate surface area is 155 Å². The highest BCUT2D eigenvalue weighted by Crippen LogP contribution is 2.21. The topological polar surface area (TPSA) is 59.5 Å². The lowest BCUT2D eigenvalue weighted by Gasteiger charge is -2.28. The Morgan fingerprint density at radius 2 is 1.88 bits per heavy atom. The van der Waals surface area contributed by atoms with Crippen LogP contribution in [0, 0.1) is 0 Å². The lowest BCUT2D eigenvalue weighted by atomic mass is 10.2. The van der Waals surface area contributed by atoms with Gasteiger partial charge in [-0.1, -0.05) is 13.3 Å². The van der Waals surface area contributed by atoms with Crippen molar-refractivity contribution < 1.29 is 9.47 Å². The second-order valence-corrected chi connectivity index (χ2v) is 5.74. The molecule has 7 heteroatoms. The van der Waals surface area contributed by atoms with Gasteiger partial charge in [0.15, 0.2) is 0 Å². The number of aryl methyl sites for hydroxylation is 1. The van der Waals surface area contributed by atoms with Gasteiger partial charge in [0.1, 0.15) is 11.6 Å². The number of morpholine rings is 1. The summed E-state index contributed by atoms with van der Waals surface area (Å²) in [6.45, 7) is 5.38. The van der Waals surface area contributed by atoms with E-state index in [0.29, 0.717) is 5.95 Å². The number of nitrogens with zero attached hydrogens (tertiary/aromatic N) is 3. The Bertz CT molecular complexity index is 661. The first-order valence-corrected chi connectivity index (χ1v) is 8.40. The number of hydrogen-bond acceptors (Lipinski definition) is 6. The monoisotopic (exact) mass is 364 g/mol. The van der Waals surface area contributed by atoms with Gasteiger partial charge < -0.3 is 19.7 Å². The lowest BCUT2D eigenvalue weighted by molar-refractivity contribution is 0.122. The van der Waals surface area contributed by atoms with E-state index >= 15 is 0 Å². The molecule has 0 radical (unpaired) electrons. The van der Waals surface area contributed by atoms with Crippen LogP contribution >= 0.6 is 12.4 Å². The normalized spacial score (nSPS) is 13.9. The van der Waals surface area contributed by atoms with Crippen molar-refractivity contribution in [3.8, 4) is 5.75 Å². The highest BCUT2D eigenvalue weighted by molar-refractivity contribution is 5.85. The van der Waals surface area contributed by atoms with Gasteiger partial charge in [-0.3, -0.25) is 0 Å². The Kier molecular flexibility index (Phi) is 7.28. The molecule has 2 heterocycles. The Morgan fingerprint density at radius 1 is 1.16 bits per heavy atom. The minimum absolute atomic E-state index is 0. The fourth-order valence-corrected chi connectivity index (χ4v) is 2.68. The smallest absolute Gasteiger partial charge is 0.229 e. The van der Waals surface area contributed by atoms with Crippen LogP contribution in [0.4, 0.5) is 17.5 Å². The molecule has 0 unspecified atom stereocenters. The maximum atomic E-state index is 5.43. The van der Waals surface area contributed by atoms with Crippen molar-refractivity contribution in [3.05, 3.63) is 36.0 Å². The highest BCUT2D eigenvalue weighted by Gasteiger charge is 2.15. The molecular formula is C18H25ClN4O2. The number of hydrogen-bond donors (Lipinski definition) is 1. The van der Waals surface area contributed by atoms with Crippen LogP contribution < -0.4 is 15.0 Å². The number of rotatable bonds is 6. The third kappa shape index (κ3) is 5.21. The Morgan fingerprint density at radius 3 is 2.52 bits per heavy atom. The van der Waals surface area contributed by atoms with E-state index < -0.39 is 0 Å². The van der Waals surface area contributed by atoms with E-state index in [0.717, 1.165) is 62.1 Å². The Hall–Kier alpha value is -2.05. The van der Waals surface area contributed by atoms with Crippen LogP contribution in [-0.4, -0.2) is 43.4 Å². The molecule has 0 saturated carbocycles. The van der Waals surface area contributed by atoms with Crippen molar-refractivity contribution >= 4 is 29.9 Å². The van der Waals surface area contributed by atoms with Crippen LogP contribution in [0.2, 0.25) is 0 Å². The quantitative estimate of drug-likeness (QED) is 0.847. The number of nitrogens with one attached hydrogen (secondary N) is 1. The molecule has 1 aliphatic rings. The van der Waals surface area contributed by atoms with Gasteiger partial charge in [0, 0.05) is 30.5 Å². The zero-order valence-electron chi connectivity index (χ0n) is 14.7. The summed E-state index contributed by atoms with van der Waals surface area (Å²) in [4.78, 5) is 11.6. The standard InChI is InChI=1S/C18H24N4O2.ClH/c1-3-4-15-13-17(22-9-11-24-12-10-22)21-18(20-15)19-14-5-7-16(23-2)8-6-14;/h5-8,13H,3-4,9-12H2,1-2H3,(H,19,20,21);1H. The summed E-state index contributed by atoms with van der Waals surface area (Å²) in [6.07, 6.45) is 2.00. The van der Waals surface area contributed by atoms with Crippen LogP contribution in [-0.2, 0) is 11.2 Å². The summed E-state index contributed by atoms with van der Waals surface area (Å²) in [5.74, 6) is 2.43. The zero-order valence-corrected chi connectivity index (χ0v) is 15.5. The van der Waals surface area contributed by atoms with Crippen LogP contribution in [0.3, 0.4) is 0 Å². The van der Waals surface area contributed by atoms with Crippen molar-refractivity contribution in [1.82, 2.24) is 9.97 Å². The van der Waals surface area contributed by atoms with Crippen molar-refractivity contribution in [3.63, 3.8) is 0 Å². The SMILES string of the molecule is CCCc1cc(N2CCOCC2)nc(Nc2ccc(OC)cc2)n1.Cl. The van der Waals surface area contributed by atoms with E-state index in [1.54, 1.807) is 7.11 Å². The molecule has 3 rings (SSSR count). The van der Waals surface area contributed by atoms with Gasteiger partial charge in [0.2, 0.25) is 5.95 Å². The molecule has 0 aliphatic carbocycles. The second kappa shape index (κ2) is 9.44. The van der Waals surface area contributed by atoms with Crippen LogP contribution in [0.1, 0.15) is 19.0 Å². The average molecular weight is 365 g/mol. The fraction of sp³-hybridized carbons (Fsp3) is 0.444. The highest BCUT2D eigenvalue weighted by atomic mass is 35.5. The molecule has 1 aromatic heterocycles. The second-order valence-electron chi connectivity index (χ2n) is 5.74. The molecule has 1 N–H and O–H groups in total. The number of aromatic nitrogens is 2. The van der Waals surface area contributed by atoms with Crippen LogP contribution in [0.25, 0.3) is 0 Å². The molecule has 2 aromatic rings. The number of ether oxygens (including phenoxy) is 2. The molecule has 0 amide bonds. The minimum Gasteiger partial charge on any atom is -0.497 e. The van der Waals surface area contributed by atoms with Crippen LogP contribution in [0.15, 0.2) is 30.3 Å². The minimum atomic E-state index is 0. The van der Waals surface area contributed by atoms with Crippen molar-refractivity contribution in [1.29, 1.82) is 0 Å². The molecule has 136 valence electrons. The molecule has 0 atom stereocenters. The van der Waals surface area contributed by atoms with Gasteiger partial charge in [-0.15, -0.1) is 12.4 Å². The van der Waals surface area contributed by atoms with E-state index in [1.165, 1.54) is 0 Å². The third-order valence-electron chi connectivity index (χ3n) is 3.95. The van der Waals surface area contributed by atoms with Gasteiger partial charge in [-0.2, -0.15) is 4.98 Å². The summed E-state index contributed by atoms with van der Waals surface area (Å²) < 4.78 is 10.6. The molecule has 25 heavy (non-hydrogen) atoms. The fourth-order valence-electron chi connectivity index (χ4n) is 2.68. The predicted octanol–water partition coefficient (Wildman–Crippen LogP) is 3.44. The molecule has 1 saturated heterocycles. The molecule has 1 fully saturated rings. The zero-order chi connectivity index (χ0) is 16.8. The van der Waals surface area contributed by atoms with Crippen molar-refractivity contribution in [2.24, 2.45) is 0 Å². The molecule has 1 aliphatic heterocycles. The number of benzene rings is 1. The van der Waals surface area contributed by atoms with Gasteiger partial charge in [0.05, 0.1) is 20.3 Å². The Balaban J connectivity index is 0.00000225. The maximum Gasteiger partial charge on any atom is 0.229 e. The van der Waals surface area contributed by atoms with Crippen molar-refractivity contribution in [2.75, 3.05) is 43.6 Å². The molecule has 1 aromatic carbocycles. The molecule has 0 bridgehead atoms. The lowest BCUT2D eigenvalue weighted by Crippen LogP contribution is -2.37. The maximum absolute atomic E-state index is 5.43. The van der Waals surface area contributed by atoms with Gasteiger partial charge >= 0.3 is 0 Å². The predicted molar refractivity (Wildman–Crippen MR) is 103 cm³/mol. The molecular weight excluding hydrogens is 340 g/mol.